The van der Waals surface area contributed by atoms with Crippen LogP contribution >= 0.6 is 0 Å². The van der Waals surface area contributed by atoms with Crippen molar-refractivity contribution < 1.29 is 4.79 Å². The molecule has 1 unspecified atom stereocenters. The molecular weight excluding hydrogens is 252 g/mol. The number of aromatic nitrogens is 2. The lowest BCUT2D eigenvalue weighted by atomic mass is 10.0. The molecule has 5 nitrogen and oxygen atoms in total. The first kappa shape index (κ1) is 13.3. The highest BCUT2D eigenvalue weighted by atomic mass is 16.2. The second-order valence-electron chi connectivity index (χ2n) is 5.95. The Balaban J connectivity index is 1.69. The lowest BCUT2D eigenvalue weighted by molar-refractivity contribution is 0.0786. The zero-order chi connectivity index (χ0) is 13.9. The first-order valence-electron chi connectivity index (χ1n) is 7.60. The van der Waals surface area contributed by atoms with E-state index in [1.54, 1.807) is 12.4 Å². The van der Waals surface area contributed by atoms with Crippen molar-refractivity contribution in [3.63, 3.8) is 0 Å². The van der Waals surface area contributed by atoms with Crippen molar-refractivity contribution in [1.29, 1.82) is 0 Å². The minimum atomic E-state index is 0.0218. The van der Waals surface area contributed by atoms with Crippen molar-refractivity contribution in [1.82, 2.24) is 14.9 Å². The van der Waals surface area contributed by atoms with Crippen molar-refractivity contribution in [3.05, 3.63) is 18.1 Å². The Kier molecular flexibility index (Phi) is 3.85. The molecule has 0 spiro atoms. The van der Waals surface area contributed by atoms with Crippen LogP contribution in [0.4, 0.5) is 5.82 Å². The first-order chi connectivity index (χ1) is 9.74. The standard InChI is InChI=1S/C15H22N4O/c1-12-5-4-8-19(11-12)14-10-16-13(9-17-14)15(20)18-6-2-3-7-18/h9-10,12H,2-8,11H2,1H3. The third-order valence-corrected chi connectivity index (χ3v) is 4.23. The van der Waals surface area contributed by atoms with Gasteiger partial charge in [-0.25, -0.2) is 9.97 Å². The van der Waals surface area contributed by atoms with E-state index in [-0.39, 0.29) is 5.91 Å². The van der Waals surface area contributed by atoms with Gasteiger partial charge in [0.05, 0.1) is 12.4 Å². The smallest absolute Gasteiger partial charge is 0.274 e. The van der Waals surface area contributed by atoms with Gasteiger partial charge in [-0.1, -0.05) is 6.92 Å². The number of hydrogen-bond acceptors (Lipinski definition) is 4. The molecule has 108 valence electrons. The third kappa shape index (κ3) is 2.76. The number of anilines is 1. The molecule has 0 saturated carbocycles. The summed E-state index contributed by atoms with van der Waals surface area (Å²) < 4.78 is 0. The van der Waals surface area contributed by atoms with Crippen LogP contribution in [0.1, 0.15) is 43.1 Å². The van der Waals surface area contributed by atoms with Gasteiger partial charge in [0.2, 0.25) is 0 Å². The molecule has 0 aromatic carbocycles. The van der Waals surface area contributed by atoms with Crippen molar-refractivity contribution >= 4 is 11.7 Å². The quantitative estimate of drug-likeness (QED) is 0.827. The van der Waals surface area contributed by atoms with Crippen LogP contribution in [0.25, 0.3) is 0 Å². The monoisotopic (exact) mass is 274 g/mol. The molecule has 1 atom stereocenters. The Hall–Kier alpha value is -1.65. The molecule has 1 amide bonds. The molecule has 2 fully saturated rings. The largest absolute Gasteiger partial charge is 0.355 e. The van der Waals surface area contributed by atoms with E-state index in [0.29, 0.717) is 11.6 Å². The van der Waals surface area contributed by atoms with E-state index in [9.17, 15) is 4.79 Å². The number of piperidine rings is 1. The van der Waals surface area contributed by atoms with E-state index in [1.165, 1.54) is 12.8 Å². The Labute approximate surface area is 120 Å². The fourth-order valence-corrected chi connectivity index (χ4v) is 3.07. The minimum Gasteiger partial charge on any atom is -0.355 e. The van der Waals surface area contributed by atoms with E-state index in [0.717, 1.165) is 44.8 Å². The number of likely N-dealkylation sites (tertiary alicyclic amines) is 1. The summed E-state index contributed by atoms with van der Waals surface area (Å²) in [5.74, 6) is 1.62. The summed E-state index contributed by atoms with van der Waals surface area (Å²) >= 11 is 0. The molecule has 5 heteroatoms. The maximum absolute atomic E-state index is 12.2. The molecule has 3 rings (SSSR count). The van der Waals surface area contributed by atoms with Crippen LogP contribution in [0.2, 0.25) is 0 Å². The van der Waals surface area contributed by atoms with E-state index in [4.69, 9.17) is 0 Å². The average molecular weight is 274 g/mol. The molecule has 2 saturated heterocycles. The summed E-state index contributed by atoms with van der Waals surface area (Å²) in [6.45, 7) is 6.05. The van der Waals surface area contributed by atoms with Crippen LogP contribution in [0.5, 0.6) is 0 Å². The van der Waals surface area contributed by atoms with Crippen LogP contribution in [-0.4, -0.2) is 47.0 Å². The highest BCUT2D eigenvalue weighted by Gasteiger charge is 2.22. The topological polar surface area (TPSA) is 49.3 Å². The zero-order valence-electron chi connectivity index (χ0n) is 12.1. The van der Waals surface area contributed by atoms with Gasteiger partial charge in [-0.05, 0) is 31.6 Å². The predicted octanol–water partition coefficient (Wildman–Crippen LogP) is 1.95. The van der Waals surface area contributed by atoms with Crippen LogP contribution in [-0.2, 0) is 0 Å². The highest BCUT2D eigenvalue weighted by molar-refractivity contribution is 5.92. The number of carbonyl (C=O) groups is 1. The first-order valence-corrected chi connectivity index (χ1v) is 7.60. The van der Waals surface area contributed by atoms with Gasteiger partial charge in [0.15, 0.2) is 0 Å². The Morgan fingerprint density at radius 2 is 1.95 bits per heavy atom. The second kappa shape index (κ2) is 5.77. The van der Waals surface area contributed by atoms with Gasteiger partial charge in [-0.15, -0.1) is 0 Å². The van der Waals surface area contributed by atoms with Crippen molar-refractivity contribution in [2.45, 2.75) is 32.6 Å². The van der Waals surface area contributed by atoms with Gasteiger partial charge in [0.25, 0.3) is 5.91 Å². The summed E-state index contributed by atoms with van der Waals surface area (Å²) in [5.41, 5.74) is 0.473. The summed E-state index contributed by atoms with van der Waals surface area (Å²) in [7, 11) is 0. The Bertz CT molecular complexity index is 467. The van der Waals surface area contributed by atoms with E-state index >= 15 is 0 Å². The van der Waals surface area contributed by atoms with Gasteiger partial charge in [-0.2, -0.15) is 0 Å². The summed E-state index contributed by atoms with van der Waals surface area (Å²) in [5, 5.41) is 0. The van der Waals surface area contributed by atoms with E-state index in [1.807, 2.05) is 4.90 Å². The van der Waals surface area contributed by atoms with Gasteiger partial charge in [0, 0.05) is 26.2 Å². The molecular formula is C15H22N4O. The zero-order valence-corrected chi connectivity index (χ0v) is 12.1. The molecule has 0 bridgehead atoms. The number of hydrogen-bond donors (Lipinski definition) is 0. The number of amides is 1. The van der Waals surface area contributed by atoms with Gasteiger partial charge in [0.1, 0.15) is 11.5 Å². The van der Waals surface area contributed by atoms with Crippen LogP contribution in [0.3, 0.4) is 0 Å². The van der Waals surface area contributed by atoms with Crippen molar-refractivity contribution in [2.75, 3.05) is 31.1 Å². The third-order valence-electron chi connectivity index (χ3n) is 4.23. The fourth-order valence-electron chi connectivity index (χ4n) is 3.07. The predicted molar refractivity (Wildman–Crippen MR) is 77.8 cm³/mol. The van der Waals surface area contributed by atoms with Gasteiger partial charge < -0.3 is 9.80 Å². The maximum atomic E-state index is 12.2. The van der Waals surface area contributed by atoms with Crippen molar-refractivity contribution in [3.8, 4) is 0 Å². The highest BCUT2D eigenvalue weighted by Crippen LogP contribution is 2.20. The van der Waals surface area contributed by atoms with Crippen LogP contribution in [0, 0.1) is 5.92 Å². The molecule has 1 aromatic heterocycles. The second-order valence-corrected chi connectivity index (χ2v) is 5.95. The van der Waals surface area contributed by atoms with Crippen molar-refractivity contribution in [2.24, 2.45) is 5.92 Å². The minimum absolute atomic E-state index is 0.0218. The normalized spacial score (nSPS) is 23.1. The molecule has 0 aliphatic carbocycles. The Morgan fingerprint density at radius 1 is 1.15 bits per heavy atom. The SMILES string of the molecule is CC1CCCN(c2cnc(C(=O)N3CCCC3)cn2)C1. The molecule has 0 radical (unpaired) electrons. The summed E-state index contributed by atoms with van der Waals surface area (Å²) in [4.78, 5) is 25.1. The summed E-state index contributed by atoms with van der Waals surface area (Å²) in [6, 6.07) is 0. The molecule has 2 aliphatic rings. The van der Waals surface area contributed by atoms with Crippen LogP contribution in [0.15, 0.2) is 12.4 Å². The molecule has 3 heterocycles. The number of carbonyl (C=O) groups excluding carboxylic acids is 1. The van der Waals surface area contributed by atoms with E-state index in [2.05, 4.69) is 21.8 Å². The lowest BCUT2D eigenvalue weighted by Crippen LogP contribution is -2.35. The Morgan fingerprint density at radius 3 is 2.60 bits per heavy atom. The average Bonchev–Trinajstić information content (AvgIpc) is 3.01. The number of rotatable bonds is 2. The fraction of sp³-hybridized carbons (Fsp3) is 0.667. The van der Waals surface area contributed by atoms with Gasteiger partial charge in [-0.3, -0.25) is 4.79 Å². The van der Waals surface area contributed by atoms with Gasteiger partial charge >= 0.3 is 0 Å². The molecule has 0 N–H and O–H groups in total. The number of nitrogens with zero attached hydrogens (tertiary/aromatic N) is 4. The van der Waals surface area contributed by atoms with Crippen LogP contribution < -0.4 is 4.90 Å². The maximum Gasteiger partial charge on any atom is 0.274 e. The summed E-state index contributed by atoms with van der Waals surface area (Å²) in [6.07, 6.45) is 8.08. The lowest BCUT2D eigenvalue weighted by Gasteiger charge is -2.31. The molecule has 1 aromatic rings. The molecule has 20 heavy (non-hydrogen) atoms. The van der Waals surface area contributed by atoms with E-state index < -0.39 is 0 Å². The molecule has 2 aliphatic heterocycles.